The molecule has 4 aromatic rings. The van der Waals surface area contributed by atoms with Gasteiger partial charge in [0, 0.05) is 6.07 Å². The molecule has 0 radical (unpaired) electrons. The number of fused-ring (bicyclic) bond motifs is 2. The van der Waals surface area contributed by atoms with Gasteiger partial charge < -0.3 is 0 Å². The molecule has 1 heterocycles. The average molecular weight is 411 g/mol. The quantitative estimate of drug-likeness (QED) is 0.298. The second kappa shape index (κ2) is 7.48. The molecule has 31 heavy (non-hydrogen) atoms. The number of aryl methyl sites for hydroxylation is 2. The van der Waals surface area contributed by atoms with Crippen molar-refractivity contribution >= 4 is 21.5 Å². The van der Waals surface area contributed by atoms with Crippen LogP contribution < -0.4 is 4.57 Å². The van der Waals surface area contributed by atoms with Gasteiger partial charge >= 0.3 is 0 Å². The topological polar surface area (TPSA) is 3.88 Å². The van der Waals surface area contributed by atoms with E-state index in [0.29, 0.717) is 0 Å². The normalized spacial score (nSPS) is 12.6. The van der Waals surface area contributed by atoms with Gasteiger partial charge in [0.1, 0.15) is 7.05 Å². The van der Waals surface area contributed by atoms with Crippen LogP contribution in [0.2, 0.25) is 0 Å². The average Bonchev–Trinajstić information content (AvgIpc) is 2.67. The summed E-state index contributed by atoms with van der Waals surface area (Å²) in [5, 5.41) is 5.36. The van der Waals surface area contributed by atoms with Gasteiger partial charge in [-0.3, -0.25) is 0 Å². The van der Waals surface area contributed by atoms with Crippen LogP contribution in [0.15, 0.2) is 60.8 Å². The molecule has 0 fully saturated rings. The van der Waals surface area contributed by atoms with E-state index >= 15 is 0 Å². The summed E-state index contributed by atoms with van der Waals surface area (Å²) in [6.07, 6.45) is 3.28. The Morgan fingerprint density at radius 3 is 2.10 bits per heavy atom. The van der Waals surface area contributed by atoms with Crippen LogP contribution in [0.1, 0.15) is 58.2 Å². The van der Waals surface area contributed by atoms with E-state index in [1.807, 2.05) is 0 Å². The maximum absolute atomic E-state index is 2.45. The van der Waals surface area contributed by atoms with Crippen LogP contribution in [-0.2, 0) is 18.9 Å². The fourth-order valence-electron chi connectivity index (χ4n) is 4.85. The second-order valence-electron chi connectivity index (χ2n) is 11.3. The van der Waals surface area contributed by atoms with Gasteiger partial charge in [0.15, 0.2) is 6.20 Å². The highest BCUT2D eigenvalue weighted by Gasteiger charge is 2.24. The van der Waals surface area contributed by atoms with Crippen molar-refractivity contribution in [2.75, 3.05) is 0 Å². The Morgan fingerprint density at radius 2 is 1.45 bits per heavy atom. The summed E-state index contributed by atoms with van der Waals surface area (Å²) in [6.45, 7) is 16.2. The van der Waals surface area contributed by atoms with Crippen LogP contribution in [0.3, 0.4) is 0 Å². The van der Waals surface area contributed by atoms with Crippen molar-refractivity contribution < 1.29 is 4.57 Å². The minimum absolute atomic E-state index is 0.0720. The third-order valence-corrected chi connectivity index (χ3v) is 6.31. The monoisotopic (exact) mass is 410 g/mol. The van der Waals surface area contributed by atoms with Crippen molar-refractivity contribution in [2.24, 2.45) is 12.5 Å². The number of rotatable bonds is 2. The zero-order chi connectivity index (χ0) is 22.6. The highest BCUT2D eigenvalue weighted by atomic mass is 14.9. The molecule has 0 aliphatic rings. The first kappa shape index (κ1) is 21.6. The van der Waals surface area contributed by atoms with E-state index < -0.39 is 0 Å². The predicted octanol–water partition coefficient (Wildman–Crippen LogP) is 7.68. The van der Waals surface area contributed by atoms with Crippen molar-refractivity contribution in [1.29, 1.82) is 0 Å². The maximum atomic E-state index is 2.45. The van der Waals surface area contributed by atoms with Crippen LogP contribution in [0.5, 0.6) is 0 Å². The van der Waals surface area contributed by atoms with Crippen molar-refractivity contribution in [3.8, 4) is 11.3 Å². The largest absolute Gasteiger partial charge is 0.220 e. The fourth-order valence-corrected chi connectivity index (χ4v) is 4.85. The zero-order valence-corrected chi connectivity index (χ0v) is 20.4. The number of benzene rings is 3. The minimum atomic E-state index is 0.0720. The summed E-state index contributed by atoms with van der Waals surface area (Å²) < 4.78 is 2.30. The molecule has 1 heteroatoms. The Hall–Kier alpha value is -2.67. The Balaban J connectivity index is 2.08. The van der Waals surface area contributed by atoms with Gasteiger partial charge in [0.05, 0.1) is 10.9 Å². The molecule has 4 rings (SSSR count). The smallest absolute Gasteiger partial charge is 0.200 e. The summed E-state index contributed by atoms with van der Waals surface area (Å²) in [4.78, 5) is 0. The van der Waals surface area contributed by atoms with Gasteiger partial charge in [-0.2, -0.15) is 0 Å². The van der Waals surface area contributed by atoms with Crippen molar-refractivity contribution in [3.05, 3.63) is 77.5 Å². The molecule has 160 valence electrons. The first-order valence-electron chi connectivity index (χ1n) is 11.4. The van der Waals surface area contributed by atoms with Gasteiger partial charge in [0.2, 0.25) is 5.69 Å². The summed E-state index contributed by atoms with van der Waals surface area (Å²) in [5.41, 5.74) is 7.15. The standard InChI is InChI=1S/C30H36N/c1-20-23-11-9-10-12-24(23)27(30(5,6)7)18-25(20)28-26-17-21(19-29(2,3)4)13-14-22(26)15-16-31(28)8/h9-18H,19H2,1-8H3/q+1. The van der Waals surface area contributed by atoms with E-state index in [2.05, 4.69) is 121 Å². The maximum Gasteiger partial charge on any atom is 0.220 e. The second-order valence-corrected chi connectivity index (χ2v) is 11.3. The molecule has 0 unspecified atom stereocenters. The lowest BCUT2D eigenvalue weighted by Gasteiger charge is -2.24. The minimum Gasteiger partial charge on any atom is -0.200 e. The Labute approximate surface area is 187 Å². The third-order valence-electron chi connectivity index (χ3n) is 6.31. The third kappa shape index (κ3) is 4.11. The molecule has 0 saturated carbocycles. The molecule has 1 aromatic heterocycles. The molecule has 0 bridgehead atoms. The number of hydrogen-bond acceptors (Lipinski definition) is 0. The molecule has 1 nitrogen and oxygen atoms in total. The van der Waals surface area contributed by atoms with E-state index in [0.717, 1.165) is 6.42 Å². The summed E-state index contributed by atoms with van der Waals surface area (Å²) in [5.74, 6) is 0. The Morgan fingerprint density at radius 1 is 0.774 bits per heavy atom. The highest BCUT2D eigenvalue weighted by Crippen LogP contribution is 2.39. The molecular weight excluding hydrogens is 374 g/mol. The zero-order valence-electron chi connectivity index (χ0n) is 20.4. The lowest BCUT2D eigenvalue weighted by atomic mass is 9.80. The number of pyridine rings is 1. The van der Waals surface area contributed by atoms with Crippen molar-refractivity contribution in [1.82, 2.24) is 0 Å². The van der Waals surface area contributed by atoms with Gasteiger partial charge in [-0.05, 0) is 69.2 Å². The number of nitrogens with zero attached hydrogens (tertiary/aromatic N) is 1. The first-order chi connectivity index (χ1) is 14.5. The molecule has 0 amide bonds. The molecule has 0 aliphatic heterocycles. The highest BCUT2D eigenvalue weighted by molar-refractivity contribution is 6.00. The summed E-state index contributed by atoms with van der Waals surface area (Å²) in [6, 6.07) is 20.6. The molecular formula is C30H36N+. The molecule has 0 saturated heterocycles. The van der Waals surface area contributed by atoms with Gasteiger partial charge in [-0.1, -0.05) is 77.9 Å². The fraction of sp³-hybridized carbons (Fsp3) is 0.367. The van der Waals surface area contributed by atoms with Crippen LogP contribution >= 0.6 is 0 Å². The lowest BCUT2D eigenvalue weighted by molar-refractivity contribution is -0.659. The van der Waals surface area contributed by atoms with Crippen LogP contribution in [0, 0.1) is 12.3 Å². The summed E-state index contributed by atoms with van der Waals surface area (Å²) >= 11 is 0. The molecule has 0 spiro atoms. The lowest BCUT2D eigenvalue weighted by Crippen LogP contribution is -2.31. The van der Waals surface area contributed by atoms with Crippen LogP contribution in [0.25, 0.3) is 32.8 Å². The van der Waals surface area contributed by atoms with E-state index in [9.17, 15) is 0 Å². The molecule has 0 aliphatic carbocycles. The molecule has 0 atom stereocenters. The molecule has 3 aromatic carbocycles. The van der Waals surface area contributed by atoms with Crippen LogP contribution in [0.4, 0.5) is 0 Å². The SMILES string of the molecule is Cc1c(-c2c3cc(CC(C)(C)C)ccc3cc[n+]2C)cc(C(C)(C)C)c2ccccc12. The van der Waals surface area contributed by atoms with Crippen molar-refractivity contribution in [3.63, 3.8) is 0 Å². The van der Waals surface area contributed by atoms with E-state index in [4.69, 9.17) is 0 Å². The van der Waals surface area contributed by atoms with Gasteiger partial charge in [-0.25, -0.2) is 4.57 Å². The van der Waals surface area contributed by atoms with Crippen molar-refractivity contribution in [2.45, 2.75) is 60.3 Å². The van der Waals surface area contributed by atoms with E-state index in [1.54, 1.807) is 0 Å². The van der Waals surface area contributed by atoms with Crippen LogP contribution in [-0.4, -0.2) is 0 Å². The Kier molecular flexibility index (Phi) is 5.20. The van der Waals surface area contributed by atoms with E-state index in [1.165, 1.54) is 49.5 Å². The molecule has 0 N–H and O–H groups in total. The predicted molar refractivity (Wildman–Crippen MR) is 135 cm³/mol. The number of aromatic nitrogens is 1. The van der Waals surface area contributed by atoms with Gasteiger partial charge in [-0.15, -0.1) is 0 Å². The number of hydrogen-bond donors (Lipinski definition) is 0. The first-order valence-corrected chi connectivity index (χ1v) is 11.4. The summed E-state index contributed by atoms with van der Waals surface area (Å²) in [7, 11) is 2.18. The Bertz CT molecular complexity index is 1280. The van der Waals surface area contributed by atoms with E-state index in [-0.39, 0.29) is 10.8 Å². The van der Waals surface area contributed by atoms with Gasteiger partial charge in [0.25, 0.3) is 0 Å².